The summed E-state index contributed by atoms with van der Waals surface area (Å²) in [4.78, 5) is 10.7. The SMILES string of the molecule is CC(C)S(=O)(=O)C1(N)C=C(C(=O)c2ccccc2)C=CC1N. The standard InChI is InChI=1S/C16H20N2O3S/c1-11(2)22(20,21)16(18)10-13(8-9-14(16)17)15(19)12-6-4-3-5-7-12/h3-11,14H,17-18H2,1-2H3. The van der Waals surface area contributed by atoms with Crippen molar-refractivity contribution in [2.75, 3.05) is 0 Å². The molecule has 22 heavy (non-hydrogen) atoms. The molecule has 2 rings (SSSR count). The van der Waals surface area contributed by atoms with Crippen molar-refractivity contribution in [2.24, 2.45) is 11.5 Å². The number of hydrogen-bond donors (Lipinski definition) is 2. The molecule has 0 amide bonds. The molecule has 0 fully saturated rings. The highest BCUT2D eigenvalue weighted by Crippen LogP contribution is 2.28. The van der Waals surface area contributed by atoms with Gasteiger partial charge in [0.2, 0.25) is 0 Å². The summed E-state index contributed by atoms with van der Waals surface area (Å²) in [6.45, 7) is 3.09. The molecule has 2 atom stereocenters. The first-order valence-corrected chi connectivity index (χ1v) is 8.53. The molecule has 1 aliphatic rings. The molecule has 0 bridgehead atoms. The summed E-state index contributed by atoms with van der Waals surface area (Å²) < 4.78 is 25.1. The lowest BCUT2D eigenvalue weighted by Gasteiger charge is -2.34. The van der Waals surface area contributed by atoms with Gasteiger partial charge in [0.15, 0.2) is 20.5 Å². The molecule has 2 unspecified atom stereocenters. The lowest BCUT2D eigenvalue weighted by atomic mass is 9.93. The second-order valence-electron chi connectivity index (χ2n) is 5.63. The summed E-state index contributed by atoms with van der Waals surface area (Å²) in [7, 11) is -3.72. The molecule has 0 aliphatic heterocycles. The molecule has 1 aromatic carbocycles. The Kier molecular flexibility index (Phi) is 4.37. The molecule has 4 N–H and O–H groups in total. The van der Waals surface area contributed by atoms with Crippen LogP contribution in [0.3, 0.4) is 0 Å². The van der Waals surface area contributed by atoms with Crippen molar-refractivity contribution in [3.63, 3.8) is 0 Å². The summed E-state index contributed by atoms with van der Waals surface area (Å²) in [6, 6.07) is 7.72. The monoisotopic (exact) mass is 320 g/mol. The first-order valence-electron chi connectivity index (χ1n) is 6.99. The zero-order valence-corrected chi connectivity index (χ0v) is 13.4. The van der Waals surface area contributed by atoms with E-state index in [1.165, 1.54) is 18.2 Å². The topological polar surface area (TPSA) is 103 Å². The number of hydrogen-bond acceptors (Lipinski definition) is 5. The number of carbonyl (C=O) groups is 1. The molecule has 1 aliphatic carbocycles. The van der Waals surface area contributed by atoms with Gasteiger partial charge >= 0.3 is 0 Å². The van der Waals surface area contributed by atoms with E-state index in [4.69, 9.17) is 11.5 Å². The lowest BCUT2D eigenvalue weighted by Crippen LogP contribution is -2.61. The van der Waals surface area contributed by atoms with E-state index in [2.05, 4.69) is 0 Å². The van der Waals surface area contributed by atoms with Crippen molar-refractivity contribution in [1.82, 2.24) is 0 Å². The Labute approximate surface area is 130 Å². The maximum atomic E-state index is 12.5. The first kappa shape index (κ1) is 16.6. The van der Waals surface area contributed by atoms with Crippen molar-refractivity contribution in [3.05, 3.63) is 59.7 Å². The van der Waals surface area contributed by atoms with Crippen molar-refractivity contribution in [2.45, 2.75) is 30.0 Å². The van der Waals surface area contributed by atoms with Crippen molar-refractivity contribution in [1.29, 1.82) is 0 Å². The van der Waals surface area contributed by atoms with Crippen LogP contribution in [-0.4, -0.2) is 30.4 Å². The highest BCUT2D eigenvalue weighted by atomic mass is 32.2. The molecule has 0 aromatic heterocycles. The number of sulfone groups is 1. The van der Waals surface area contributed by atoms with Gasteiger partial charge in [0.05, 0.1) is 11.3 Å². The van der Waals surface area contributed by atoms with E-state index in [-0.39, 0.29) is 11.4 Å². The molecule has 0 radical (unpaired) electrons. The molecular formula is C16H20N2O3S. The summed E-state index contributed by atoms with van der Waals surface area (Å²) in [5, 5.41) is -0.695. The minimum Gasteiger partial charge on any atom is -0.322 e. The highest BCUT2D eigenvalue weighted by Gasteiger charge is 2.46. The third-order valence-electron chi connectivity index (χ3n) is 3.80. The van der Waals surface area contributed by atoms with Gasteiger partial charge in [0.25, 0.3) is 0 Å². The van der Waals surface area contributed by atoms with Crippen LogP contribution in [0.2, 0.25) is 0 Å². The molecule has 0 saturated carbocycles. The minimum atomic E-state index is -3.72. The van der Waals surface area contributed by atoms with E-state index < -0.39 is 26.0 Å². The van der Waals surface area contributed by atoms with Gasteiger partial charge in [-0.2, -0.15) is 0 Å². The Morgan fingerprint density at radius 1 is 1.23 bits per heavy atom. The Balaban J connectivity index is 2.49. The Hall–Kier alpha value is -1.76. The quantitative estimate of drug-likeness (QED) is 0.811. The predicted octanol–water partition coefficient (Wildman–Crippen LogP) is 1.17. The normalized spacial score (nSPS) is 25.1. The predicted molar refractivity (Wildman–Crippen MR) is 86.9 cm³/mol. The number of allylic oxidation sites excluding steroid dienone is 2. The van der Waals surface area contributed by atoms with Crippen LogP contribution in [0.4, 0.5) is 0 Å². The summed E-state index contributed by atoms with van der Waals surface area (Å²) in [6.07, 6.45) is 4.28. The van der Waals surface area contributed by atoms with Crippen LogP contribution in [0.15, 0.2) is 54.1 Å². The molecular weight excluding hydrogens is 300 g/mol. The number of carbonyl (C=O) groups excluding carboxylic acids is 1. The number of benzene rings is 1. The van der Waals surface area contributed by atoms with Crippen LogP contribution in [0.1, 0.15) is 24.2 Å². The molecule has 0 heterocycles. The zero-order chi connectivity index (χ0) is 16.5. The summed E-state index contributed by atoms with van der Waals surface area (Å²) in [5.41, 5.74) is 12.7. The van der Waals surface area contributed by atoms with Crippen LogP contribution < -0.4 is 11.5 Å². The summed E-state index contributed by atoms with van der Waals surface area (Å²) in [5.74, 6) is -0.280. The fourth-order valence-electron chi connectivity index (χ4n) is 2.32. The second-order valence-corrected chi connectivity index (χ2v) is 8.37. The van der Waals surface area contributed by atoms with Gasteiger partial charge in [-0.15, -0.1) is 0 Å². The number of ketones is 1. The molecule has 118 valence electrons. The van der Waals surface area contributed by atoms with Gasteiger partial charge in [0.1, 0.15) is 0 Å². The van der Waals surface area contributed by atoms with Crippen molar-refractivity contribution in [3.8, 4) is 0 Å². The minimum absolute atomic E-state index is 0.236. The Bertz CT molecular complexity index is 736. The fraction of sp³-hybridized carbons (Fsp3) is 0.312. The molecule has 0 saturated heterocycles. The van der Waals surface area contributed by atoms with E-state index in [9.17, 15) is 13.2 Å². The number of rotatable bonds is 4. The Morgan fingerprint density at radius 2 is 1.82 bits per heavy atom. The van der Waals surface area contributed by atoms with E-state index in [0.29, 0.717) is 5.56 Å². The van der Waals surface area contributed by atoms with E-state index in [0.717, 1.165) is 0 Å². The van der Waals surface area contributed by atoms with Crippen LogP contribution in [-0.2, 0) is 9.84 Å². The number of Topliss-reactive ketones (excluding diaryl/α,β-unsaturated/α-hetero) is 1. The average molecular weight is 320 g/mol. The molecule has 6 heteroatoms. The summed E-state index contributed by atoms with van der Waals surface area (Å²) >= 11 is 0. The smallest absolute Gasteiger partial charge is 0.192 e. The highest BCUT2D eigenvalue weighted by molar-refractivity contribution is 7.93. The maximum absolute atomic E-state index is 12.5. The third kappa shape index (κ3) is 2.65. The van der Waals surface area contributed by atoms with Crippen LogP contribution in [0.25, 0.3) is 0 Å². The zero-order valence-electron chi connectivity index (χ0n) is 12.6. The van der Waals surface area contributed by atoms with E-state index in [1.807, 2.05) is 0 Å². The lowest BCUT2D eigenvalue weighted by molar-refractivity contribution is 0.103. The van der Waals surface area contributed by atoms with Gasteiger partial charge in [-0.05, 0) is 19.9 Å². The number of nitrogens with two attached hydrogens (primary N) is 2. The van der Waals surface area contributed by atoms with Gasteiger partial charge < -0.3 is 11.5 Å². The molecule has 1 aromatic rings. The Morgan fingerprint density at radius 3 is 2.36 bits per heavy atom. The first-order chi connectivity index (χ1) is 10.2. The van der Waals surface area contributed by atoms with Gasteiger partial charge in [-0.3, -0.25) is 4.79 Å². The molecule has 5 nitrogen and oxygen atoms in total. The molecule has 0 spiro atoms. The van der Waals surface area contributed by atoms with Gasteiger partial charge in [-0.1, -0.05) is 42.5 Å². The van der Waals surface area contributed by atoms with Crippen LogP contribution >= 0.6 is 0 Å². The van der Waals surface area contributed by atoms with Crippen molar-refractivity contribution < 1.29 is 13.2 Å². The fourth-order valence-corrected chi connectivity index (χ4v) is 3.89. The van der Waals surface area contributed by atoms with E-state index in [1.54, 1.807) is 44.2 Å². The van der Waals surface area contributed by atoms with Crippen molar-refractivity contribution >= 4 is 15.6 Å². The third-order valence-corrected chi connectivity index (χ3v) is 6.41. The average Bonchev–Trinajstić information content (AvgIpc) is 2.50. The van der Waals surface area contributed by atoms with Gasteiger partial charge in [0, 0.05) is 11.1 Å². The van der Waals surface area contributed by atoms with Crippen LogP contribution in [0, 0.1) is 0 Å². The van der Waals surface area contributed by atoms with Gasteiger partial charge in [-0.25, -0.2) is 8.42 Å². The second kappa shape index (κ2) is 5.79. The van der Waals surface area contributed by atoms with E-state index >= 15 is 0 Å². The van der Waals surface area contributed by atoms with Crippen LogP contribution in [0.5, 0.6) is 0 Å². The maximum Gasteiger partial charge on any atom is 0.192 e. The largest absolute Gasteiger partial charge is 0.322 e.